The van der Waals surface area contributed by atoms with Crippen LogP contribution in [0.4, 0.5) is 0 Å². The topological polar surface area (TPSA) is 54.9 Å². The van der Waals surface area contributed by atoms with E-state index in [-0.39, 0.29) is 6.10 Å². The van der Waals surface area contributed by atoms with Crippen LogP contribution in [-0.2, 0) is 6.54 Å². The molecular weight excluding hydrogens is 406 g/mol. The van der Waals surface area contributed by atoms with Crippen LogP contribution in [0, 0.1) is 0 Å². The Labute approximate surface area is 192 Å². The summed E-state index contributed by atoms with van der Waals surface area (Å²) < 4.78 is 11.4. The lowest BCUT2D eigenvalue weighted by Crippen LogP contribution is -2.31. The van der Waals surface area contributed by atoms with Gasteiger partial charge in [0.2, 0.25) is 0 Å². The van der Waals surface area contributed by atoms with Gasteiger partial charge in [0, 0.05) is 6.54 Å². The molecule has 0 bridgehead atoms. The monoisotopic (exact) mass is 441 g/mol. The lowest BCUT2D eigenvalue weighted by atomic mass is 10.2. The summed E-state index contributed by atoms with van der Waals surface area (Å²) in [6, 6.07) is 15.9. The molecule has 0 fully saturated rings. The first-order valence-corrected chi connectivity index (χ1v) is 11.5. The summed E-state index contributed by atoms with van der Waals surface area (Å²) in [6.07, 6.45) is 8.11. The van der Waals surface area contributed by atoms with Gasteiger partial charge in [-0.2, -0.15) is 5.10 Å². The maximum atomic E-state index is 5.79. The largest absolute Gasteiger partial charge is 0.494 e. The van der Waals surface area contributed by atoms with E-state index in [0.717, 1.165) is 35.7 Å². The van der Waals surface area contributed by atoms with Gasteiger partial charge in [0.15, 0.2) is 5.11 Å². The Balaban J connectivity index is 1.65. The van der Waals surface area contributed by atoms with Crippen LogP contribution in [-0.4, -0.2) is 24.0 Å². The number of hydrogen-bond acceptors (Lipinski definition) is 4. The van der Waals surface area contributed by atoms with Crippen LogP contribution in [0.25, 0.3) is 0 Å². The van der Waals surface area contributed by atoms with Gasteiger partial charge >= 0.3 is 0 Å². The normalized spacial score (nSPS) is 11.0. The van der Waals surface area contributed by atoms with Crippen LogP contribution in [0.2, 0.25) is 0 Å². The Morgan fingerprint density at radius 3 is 2.32 bits per heavy atom. The van der Waals surface area contributed by atoms with E-state index in [0.29, 0.717) is 11.7 Å². The molecule has 6 heteroatoms. The Kier molecular flexibility index (Phi) is 11.5. The van der Waals surface area contributed by atoms with E-state index in [2.05, 4.69) is 22.8 Å². The predicted octanol–water partition coefficient (Wildman–Crippen LogP) is 5.82. The molecule has 2 aromatic rings. The summed E-state index contributed by atoms with van der Waals surface area (Å²) in [5, 5.41) is 7.81. The van der Waals surface area contributed by atoms with Crippen LogP contribution >= 0.6 is 12.2 Å². The second-order valence-corrected chi connectivity index (χ2v) is 8.10. The highest BCUT2D eigenvalue weighted by atomic mass is 32.1. The minimum absolute atomic E-state index is 0.169. The van der Waals surface area contributed by atoms with Crippen molar-refractivity contribution in [1.82, 2.24) is 10.7 Å². The summed E-state index contributed by atoms with van der Waals surface area (Å²) in [6.45, 7) is 7.64. The fourth-order valence-electron chi connectivity index (χ4n) is 2.89. The number of ether oxygens (including phenoxy) is 2. The van der Waals surface area contributed by atoms with E-state index in [1.165, 1.54) is 25.7 Å². The summed E-state index contributed by atoms with van der Waals surface area (Å²) in [5.41, 5.74) is 4.94. The highest BCUT2D eigenvalue weighted by molar-refractivity contribution is 7.80. The SMILES string of the molecule is CCCCCCCOc1ccc(/C=N/NC(=S)NCc2ccc(OC(C)C)cc2)cc1. The molecule has 0 atom stereocenters. The minimum atomic E-state index is 0.169. The molecule has 0 heterocycles. The Morgan fingerprint density at radius 1 is 0.968 bits per heavy atom. The fraction of sp³-hybridized carbons (Fsp3) is 0.440. The van der Waals surface area contributed by atoms with Gasteiger partial charge in [-0.1, -0.05) is 44.7 Å². The summed E-state index contributed by atoms with van der Waals surface area (Å²) in [5.74, 6) is 1.76. The molecule has 0 saturated heterocycles. The zero-order chi connectivity index (χ0) is 22.3. The van der Waals surface area contributed by atoms with Gasteiger partial charge in [-0.3, -0.25) is 5.43 Å². The van der Waals surface area contributed by atoms with Gasteiger partial charge in [0.25, 0.3) is 0 Å². The summed E-state index contributed by atoms with van der Waals surface area (Å²) >= 11 is 5.28. The van der Waals surface area contributed by atoms with Crippen molar-refractivity contribution in [1.29, 1.82) is 0 Å². The Morgan fingerprint density at radius 2 is 1.65 bits per heavy atom. The first-order valence-electron chi connectivity index (χ1n) is 11.1. The molecule has 2 N–H and O–H groups in total. The van der Waals surface area contributed by atoms with Gasteiger partial charge in [-0.25, -0.2) is 0 Å². The van der Waals surface area contributed by atoms with E-state index in [4.69, 9.17) is 21.7 Å². The van der Waals surface area contributed by atoms with Crippen molar-refractivity contribution in [2.75, 3.05) is 6.61 Å². The highest BCUT2D eigenvalue weighted by Crippen LogP contribution is 2.14. The number of unbranched alkanes of at least 4 members (excludes halogenated alkanes) is 4. The third kappa shape index (κ3) is 10.8. The van der Waals surface area contributed by atoms with Crippen LogP contribution in [0.5, 0.6) is 11.5 Å². The van der Waals surface area contributed by atoms with E-state index in [1.54, 1.807) is 6.21 Å². The molecule has 0 unspecified atom stereocenters. The molecular formula is C25H35N3O2S. The molecule has 5 nitrogen and oxygen atoms in total. The smallest absolute Gasteiger partial charge is 0.187 e. The first kappa shape index (κ1) is 24.7. The summed E-state index contributed by atoms with van der Waals surface area (Å²) in [7, 11) is 0. The van der Waals surface area contributed by atoms with Crippen LogP contribution in [0.15, 0.2) is 53.6 Å². The predicted molar refractivity (Wildman–Crippen MR) is 133 cm³/mol. The molecule has 0 spiro atoms. The second-order valence-electron chi connectivity index (χ2n) is 7.69. The van der Waals surface area contributed by atoms with Crippen molar-refractivity contribution in [3.8, 4) is 11.5 Å². The maximum Gasteiger partial charge on any atom is 0.187 e. The Hall–Kier alpha value is -2.60. The van der Waals surface area contributed by atoms with E-state index >= 15 is 0 Å². The fourth-order valence-corrected chi connectivity index (χ4v) is 3.02. The van der Waals surface area contributed by atoms with Gasteiger partial charge in [0.05, 0.1) is 18.9 Å². The van der Waals surface area contributed by atoms with Gasteiger partial charge in [0.1, 0.15) is 11.5 Å². The van der Waals surface area contributed by atoms with Gasteiger partial charge in [-0.05, 0) is 80.0 Å². The molecule has 0 aliphatic rings. The molecule has 0 aromatic heterocycles. The van der Waals surface area contributed by atoms with Crippen LogP contribution in [0.1, 0.15) is 64.0 Å². The van der Waals surface area contributed by atoms with Crippen molar-refractivity contribution < 1.29 is 9.47 Å². The number of thiocarbonyl (C=S) groups is 1. The standard InChI is InChI=1S/C25H35N3O2S/c1-4-5-6-7-8-17-29-23-13-9-22(10-14-23)19-27-28-25(31)26-18-21-11-15-24(16-12-21)30-20(2)3/h9-16,19-20H,4-8,17-18H2,1-3H3,(H2,26,28,31)/b27-19+. The summed E-state index contributed by atoms with van der Waals surface area (Å²) in [4.78, 5) is 0. The molecule has 0 amide bonds. The number of hydrazone groups is 1. The first-order chi connectivity index (χ1) is 15.1. The lowest BCUT2D eigenvalue weighted by molar-refractivity contribution is 0.242. The van der Waals surface area contributed by atoms with Crippen molar-refractivity contribution in [2.24, 2.45) is 5.10 Å². The van der Waals surface area contributed by atoms with Crippen molar-refractivity contribution in [2.45, 2.75) is 65.5 Å². The van der Waals surface area contributed by atoms with Crippen LogP contribution in [0.3, 0.4) is 0 Å². The van der Waals surface area contributed by atoms with E-state index in [9.17, 15) is 0 Å². The maximum absolute atomic E-state index is 5.79. The average Bonchev–Trinajstić information content (AvgIpc) is 2.76. The molecule has 0 saturated carbocycles. The number of hydrogen-bond donors (Lipinski definition) is 2. The molecule has 2 aromatic carbocycles. The molecule has 168 valence electrons. The number of nitrogens with zero attached hydrogens (tertiary/aromatic N) is 1. The third-order valence-electron chi connectivity index (χ3n) is 4.52. The molecule has 31 heavy (non-hydrogen) atoms. The van der Waals surface area contributed by atoms with E-state index in [1.807, 2.05) is 62.4 Å². The molecule has 0 aliphatic carbocycles. The molecule has 0 aliphatic heterocycles. The van der Waals surface area contributed by atoms with Crippen molar-refractivity contribution in [3.63, 3.8) is 0 Å². The van der Waals surface area contributed by atoms with Crippen molar-refractivity contribution in [3.05, 3.63) is 59.7 Å². The van der Waals surface area contributed by atoms with Gasteiger partial charge in [-0.15, -0.1) is 0 Å². The number of nitrogens with one attached hydrogen (secondary N) is 2. The number of benzene rings is 2. The zero-order valence-corrected chi connectivity index (χ0v) is 19.7. The molecule has 2 rings (SSSR count). The quantitative estimate of drug-likeness (QED) is 0.177. The lowest BCUT2D eigenvalue weighted by Gasteiger charge is -2.11. The number of rotatable bonds is 13. The minimum Gasteiger partial charge on any atom is -0.494 e. The Bertz CT molecular complexity index is 789. The molecule has 0 radical (unpaired) electrons. The zero-order valence-electron chi connectivity index (χ0n) is 18.9. The van der Waals surface area contributed by atoms with Crippen LogP contribution < -0.4 is 20.2 Å². The highest BCUT2D eigenvalue weighted by Gasteiger charge is 2.00. The third-order valence-corrected chi connectivity index (χ3v) is 4.76. The second kappa shape index (κ2) is 14.4. The van der Waals surface area contributed by atoms with Gasteiger partial charge < -0.3 is 14.8 Å². The van der Waals surface area contributed by atoms with Crippen molar-refractivity contribution >= 4 is 23.5 Å². The van der Waals surface area contributed by atoms with E-state index < -0.39 is 0 Å². The average molecular weight is 442 g/mol.